The van der Waals surface area contributed by atoms with Crippen LogP contribution in [0, 0.1) is 17.2 Å². The summed E-state index contributed by atoms with van der Waals surface area (Å²) in [7, 11) is 4.73. The fraction of sp³-hybridized carbons (Fsp3) is 0.450. The van der Waals surface area contributed by atoms with Crippen LogP contribution in [-0.2, 0) is 0 Å². The van der Waals surface area contributed by atoms with Crippen molar-refractivity contribution in [2.75, 3.05) is 21.3 Å². The third-order valence-electron chi connectivity index (χ3n) is 4.04. The zero-order valence-corrected chi connectivity index (χ0v) is 15.3. The van der Waals surface area contributed by atoms with E-state index in [9.17, 15) is 0 Å². The van der Waals surface area contributed by atoms with Gasteiger partial charge in [-0.1, -0.05) is 32.4 Å². The Balaban J connectivity index is 3.11. The van der Waals surface area contributed by atoms with Gasteiger partial charge in [0.25, 0.3) is 0 Å². The van der Waals surface area contributed by atoms with Gasteiger partial charge in [0.2, 0.25) is 5.75 Å². The Morgan fingerprint density at radius 3 is 2.25 bits per heavy atom. The number of ether oxygens (including phenoxy) is 3. The highest BCUT2D eigenvalue weighted by Gasteiger charge is 2.14. The van der Waals surface area contributed by atoms with Crippen LogP contribution in [-0.4, -0.2) is 21.3 Å². The van der Waals surface area contributed by atoms with Gasteiger partial charge in [0.15, 0.2) is 11.5 Å². The largest absolute Gasteiger partial charge is 0.493 e. The summed E-state index contributed by atoms with van der Waals surface area (Å²) in [5, 5.41) is 9.09. The first-order chi connectivity index (χ1) is 11.6. The van der Waals surface area contributed by atoms with E-state index in [1.54, 1.807) is 21.3 Å². The second kappa shape index (κ2) is 10.4. The Bertz CT molecular complexity index is 601. The van der Waals surface area contributed by atoms with Gasteiger partial charge in [-0.3, -0.25) is 0 Å². The topological polar surface area (TPSA) is 51.5 Å². The second-order valence-electron chi connectivity index (χ2n) is 5.64. The molecule has 0 aromatic heterocycles. The van der Waals surface area contributed by atoms with Gasteiger partial charge in [-0.15, -0.1) is 0 Å². The van der Waals surface area contributed by atoms with E-state index in [0.717, 1.165) is 24.0 Å². The lowest BCUT2D eigenvalue weighted by Crippen LogP contribution is -1.96. The summed E-state index contributed by atoms with van der Waals surface area (Å²) in [4.78, 5) is 0. The number of methoxy groups -OCH3 is 3. The maximum absolute atomic E-state index is 9.09. The number of nitriles is 1. The van der Waals surface area contributed by atoms with Crippen molar-refractivity contribution in [1.82, 2.24) is 0 Å². The maximum atomic E-state index is 9.09. The van der Waals surface area contributed by atoms with E-state index >= 15 is 0 Å². The first-order valence-corrected chi connectivity index (χ1v) is 8.17. The predicted octanol–water partition coefficient (Wildman–Crippen LogP) is 5.00. The van der Waals surface area contributed by atoms with Gasteiger partial charge in [0.05, 0.1) is 27.4 Å². The summed E-state index contributed by atoms with van der Waals surface area (Å²) >= 11 is 0. The lowest BCUT2D eigenvalue weighted by Gasteiger charge is -2.14. The average molecular weight is 329 g/mol. The molecular formula is C20H27NO3. The molecule has 4 heteroatoms. The fourth-order valence-corrected chi connectivity index (χ4v) is 2.34. The quantitative estimate of drug-likeness (QED) is 0.472. The first kappa shape index (κ1) is 19.6. The van der Waals surface area contributed by atoms with Crippen molar-refractivity contribution in [3.8, 4) is 23.3 Å². The Kier molecular flexibility index (Phi) is 8.49. The van der Waals surface area contributed by atoms with Crippen molar-refractivity contribution < 1.29 is 14.2 Å². The Labute approximate surface area is 145 Å². The van der Waals surface area contributed by atoms with Gasteiger partial charge in [-0.2, -0.15) is 5.26 Å². The van der Waals surface area contributed by atoms with Crippen LogP contribution in [0.4, 0.5) is 0 Å². The van der Waals surface area contributed by atoms with Crippen LogP contribution >= 0.6 is 0 Å². The fourth-order valence-electron chi connectivity index (χ4n) is 2.34. The molecule has 0 saturated heterocycles. The molecule has 1 rings (SSSR count). The van der Waals surface area contributed by atoms with E-state index in [0.29, 0.717) is 23.2 Å². The van der Waals surface area contributed by atoms with Crippen molar-refractivity contribution in [2.24, 2.45) is 5.92 Å². The molecule has 24 heavy (non-hydrogen) atoms. The third-order valence-corrected chi connectivity index (χ3v) is 4.04. The molecule has 0 aliphatic rings. The number of allylic oxidation sites excluding steroid dienone is 4. The maximum Gasteiger partial charge on any atom is 0.203 e. The molecule has 1 unspecified atom stereocenters. The van der Waals surface area contributed by atoms with Gasteiger partial charge in [-0.05, 0) is 42.0 Å². The number of hydrogen-bond donors (Lipinski definition) is 0. The molecule has 0 saturated carbocycles. The Morgan fingerprint density at radius 1 is 1.17 bits per heavy atom. The molecule has 130 valence electrons. The minimum Gasteiger partial charge on any atom is -0.493 e. The van der Waals surface area contributed by atoms with E-state index in [1.807, 2.05) is 18.2 Å². The Hall–Kier alpha value is -2.41. The summed E-state index contributed by atoms with van der Waals surface area (Å²) < 4.78 is 16.1. The van der Waals surface area contributed by atoms with Gasteiger partial charge in [0, 0.05) is 6.08 Å². The van der Waals surface area contributed by atoms with Crippen molar-refractivity contribution in [3.05, 3.63) is 35.9 Å². The number of benzene rings is 1. The lowest BCUT2D eigenvalue weighted by molar-refractivity contribution is 0.324. The molecule has 0 N–H and O–H groups in total. The molecule has 0 aliphatic heterocycles. The van der Waals surface area contributed by atoms with Crippen LogP contribution in [0.15, 0.2) is 30.4 Å². The molecule has 0 amide bonds. The summed E-state index contributed by atoms with van der Waals surface area (Å²) in [5.41, 5.74) is 1.67. The number of rotatable bonds is 9. The second-order valence-corrected chi connectivity index (χ2v) is 5.64. The van der Waals surface area contributed by atoms with Crippen LogP contribution in [0.2, 0.25) is 0 Å². The standard InChI is InChI=1S/C20H27NO3/c1-6-15(2)9-7-8-10-16(11-12-21)17-13-18(22-3)20(24-5)19(14-17)23-4/h8,10-11,13-15H,6-7,9H2,1-5H3/b10-8+,16-11+. The molecule has 0 aliphatic carbocycles. The zero-order chi connectivity index (χ0) is 17.9. The summed E-state index contributed by atoms with van der Waals surface area (Å²) in [6.45, 7) is 4.45. The Morgan fingerprint density at radius 2 is 1.79 bits per heavy atom. The van der Waals surface area contributed by atoms with Gasteiger partial charge < -0.3 is 14.2 Å². The molecule has 1 aromatic carbocycles. The highest BCUT2D eigenvalue weighted by atomic mass is 16.5. The summed E-state index contributed by atoms with van der Waals surface area (Å²) in [6, 6.07) is 5.81. The predicted molar refractivity (Wildman–Crippen MR) is 97.5 cm³/mol. The number of hydrogen-bond acceptors (Lipinski definition) is 4. The smallest absolute Gasteiger partial charge is 0.203 e. The van der Waals surface area contributed by atoms with Crippen molar-refractivity contribution >= 4 is 5.57 Å². The minimum atomic E-state index is 0.542. The summed E-state index contributed by atoms with van der Waals surface area (Å²) in [5.74, 6) is 2.40. The minimum absolute atomic E-state index is 0.542. The van der Waals surface area contributed by atoms with E-state index in [-0.39, 0.29) is 0 Å². The molecule has 4 nitrogen and oxygen atoms in total. The van der Waals surface area contributed by atoms with Gasteiger partial charge in [0.1, 0.15) is 0 Å². The van der Waals surface area contributed by atoms with Crippen molar-refractivity contribution in [2.45, 2.75) is 33.1 Å². The molecule has 1 aromatic rings. The monoisotopic (exact) mass is 329 g/mol. The highest BCUT2D eigenvalue weighted by molar-refractivity contribution is 5.78. The lowest BCUT2D eigenvalue weighted by atomic mass is 10.0. The molecule has 1 atom stereocenters. The molecule has 0 radical (unpaired) electrons. The molecular weight excluding hydrogens is 302 g/mol. The van der Waals surface area contributed by atoms with Crippen LogP contribution in [0.25, 0.3) is 5.57 Å². The van der Waals surface area contributed by atoms with Gasteiger partial charge in [-0.25, -0.2) is 0 Å². The van der Waals surface area contributed by atoms with Crippen LogP contribution in [0.3, 0.4) is 0 Å². The molecule has 0 fully saturated rings. The highest BCUT2D eigenvalue weighted by Crippen LogP contribution is 2.40. The third kappa shape index (κ3) is 5.34. The molecule has 0 bridgehead atoms. The van der Waals surface area contributed by atoms with Crippen molar-refractivity contribution in [1.29, 1.82) is 5.26 Å². The van der Waals surface area contributed by atoms with E-state index in [2.05, 4.69) is 26.0 Å². The normalized spacial score (nSPS) is 12.8. The zero-order valence-electron chi connectivity index (χ0n) is 15.3. The van der Waals surface area contributed by atoms with E-state index in [4.69, 9.17) is 19.5 Å². The van der Waals surface area contributed by atoms with Gasteiger partial charge >= 0.3 is 0 Å². The number of nitrogens with zero attached hydrogens (tertiary/aromatic N) is 1. The average Bonchev–Trinajstić information content (AvgIpc) is 2.62. The SMILES string of the molecule is CCC(C)CC/C=C/C(=C\C#N)c1cc(OC)c(OC)c(OC)c1. The molecule has 0 spiro atoms. The van der Waals surface area contributed by atoms with Crippen LogP contribution in [0.1, 0.15) is 38.7 Å². The van der Waals surface area contributed by atoms with E-state index < -0.39 is 0 Å². The first-order valence-electron chi connectivity index (χ1n) is 8.17. The summed E-state index contributed by atoms with van der Waals surface area (Å²) in [6.07, 6.45) is 8.93. The van der Waals surface area contributed by atoms with Crippen LogP contribution < -0.4 is 14.2 Å². The van der Waals surface area contributed by atoms with Crippen molar-refractivity contribution in [3.63, 3.8) is 0 Å². The van der Waals surface area contributed by atoms with Crippen LogP contribution in [0.5, 0.6) is 17.2 Å². The van der Waals surface area contributed by atoms with E-state index in [1.165, 1.54) is 12.5 Å². The molecule has 0 heterocycles.